The number of carbonyl (C=O) groups is 1. The van der Waals surface area contributed by atoms with Crippen molar-refractivity contribution in [1.29, 1.82) is 0 Å². The SMILES string of the molecule is O=C(Nc1ccccc1C(F)(F)F)N1CCN(c2ccc3nnc(-c4ccc(F)c(C5Oc6ccc(CN7CCN(c8ccc9nnc(-c%10ccccc%10)n9n8)CC7)cc6O5)c4)n3n2)CC1. The maximum absolute atomic E-state index is 15.6. The summed E-state index contributed by atoms with van der Waals surface area (Å²) >= 11 is 0. The molecule has 0 aliphatic carbocycles. The van der Waals surface area contributed by atoms with Crippen LogP contribution in [0, 0.1) is 5.82 Å². The van der Waals surface area contributed by atoms with Crippen molar-refractivity contribution in [2.24, 2.45) is 0 Å². The summed E-state index contributed by atoms with van der Waals surface area (Å²) in [6.45, 7) is 5.14. The van der Waals surface area contributed by atoms with E-state index in [0.717, 1.165) is 49.2 Å². The number of rotatable bonds is 8. The van der Waals surface area contributed by atoms with E-state index in [1.165, 1.54) is 29.2 Å². The van der Waals surface area contributed by atoms with Crippen LogP contribution in [0.4, 0.5) is 39.7 Å². The van der Waals surface area contributed by atoms with Crippen LogP contribution in [0.1, 0.15) is 23.0 Å². The van der Waals surface area contributed by atoms with E-state index < -0.39 is 29.9 Å². The molecule has 334 valence electrons. The Labute approximate surface area is 373 Å². The smallest absolute Gasteiger partial charge is 0.418 e. The molecule has 2 amide bonds. The Hall–Kier alpha value is -7.87. The maximum atomic E-state index is 15.6. The van der Waals surface area contributed by atoms with Crippen LogP contribution in [0.2, 0.25) is 0 Å². The number of nitrogens with zero attached hydrogens (tertiary/aromatic N) is 12. The summed E-state index contributed by atoms with van der Waals surface area (Å²) in [6.07, 6.45) is -5.65. The number of amides is 2. The molecule has 2 saturated heterocycles. The molecule has 7 heterocycles. The molecule has 16 nitrogen and oxygen atoms in total. The summed E-state index contributed by atoms with van der Waals surface area (Å²) in [7, 11) is 0. The van der Waals surface area contributed by atoms with Crippen LogP contribution in [0.5, 0.6) is 11.5 Å². The fourth-order valence-corrected chi connectivity index (χ4v) is 8.49. The van der Waals surface area contributed by atoms with Gasteiger partial charge < -0.3 is 29.5 Å². The molecule has 0 spiro atoms. The highest BCUT2D eigenvalue weighted by atomic mass is 19.4. The maximum Gasteiger partial charge on any atom is 0.418 e. The van der Waals surface area contributed by atoms with E-state index in [4.69, 9.17) is 19.7 Å². The quantitative estimate of drug-likeness (QED) is 0.154. The Morgan fingerprint density at radius 3 is 1.94 bits per heavy atom. The highest BCUT2D eigenvalue weighted by molar-refractivity contribution is 5.90. The first-order valence-corrected chi connectivity index (χ1v) is 21.3. The molecule has 1 N–H and O–H groups in total. The van der Waals surface area contributed by atoms with Gasteiger partial charge in [-0.2, -0.15) is 22.2 Å². The van der Waals surface area contributed by atoms with E-state index in [1.807, 2.05) is 65.6 Å². The van der Waals surface area contributed by atoms with Gasteiger partial charge in [-0.1, -0.05) is 48.5 Å². The molecule has 3 aliphatic rings. The number of nitrogens with one attached hydrogen (secondary N) is 1. The third-order valence-electron chi connectivity index (χ3n) is 12.0. The van der Waals surface area contributed by atoms with Crippen molar-refractivity contribution in [3.05, 3.63) is 138 Å². The molecule has 20 heteroatoms. The minimum Gasteiger partial charge on any atom is -0.447 e. The molecule has 3 aliphatic heterocycles. The Morgan fingerprint density at radius 1 is 0.636 bits per heavy atom. The number of para-hydroxylation sites is 1. The molecule has 0 bridgehead atoms. The standard InChI is InChI=1S/C46H39F4N13O3/c47-34-12-11-31(43-55-53-39-15-17-41(57-63(39)43)60-22-24-61(25-23-60)45(64)51-35-9-5-4-8-33(35)46(48,49)50)27-32(34)44-65-36-13-10-29(26-37(36)66-44)28-58-18-20-59(21-19-58)40-16-14-38-52-54-42(62(38)56-40)30-6-2-1-3-7-30/h1-17,26-27,44H,18-25,28H2,(H,51,64). The lowest BCUT2D eigenvalue weighted by Gasteiger charge is -2.35. The minimum atomic E-state index is -4.61. The van der Waals surface area contributed by atoms with Crippen molar-refractivity contribution >= 4 is 34.6 Å². The number of benzene rings is 4. The molecule has 66 heavy (non-hydrogen) atoms. The third-order valence-corrected chi connectivity index (χ3v) is 12.0. The Balaban J connectivity index is 0.726. The fourth-order valence-electron chi connectivity index (χ4n) is 8.49. The van der Waals surface area contributed by atoms with Gasteiger partial charge in [0.2, 0.25) is 0 Å². The van der Waals surface area contributed by atoms with Crippen LogP contribution in [0.15, 0.2) is 115 Å². The number of aromatic nitrogens is 8. The third kappa shape index (κ3) is 7.88. The van der Waals surface area contributed by atoms with Crippen molar-refractivity contribution in [3.8, 4) is 34.3 Å². The number of alkyl halides is 3. The number of ether oxygens (including phenoxy) is 2. The van der Waals surface area contributed by atoms with E-state index in [-0.39, 0.29) is 24.3 Å². The van der Waals surface area contributed by atoms with Gasteiger partial charge in [0.1, 0.15) is 17.5 Å². The van der Waals surface area contributed by atoms with Crippen molar-refractivity contribution in [2.75, 3.05) is 67.5 Å². The number of halogens is 4. The number of anilines is 3. The van der Waals surface area contributed by atoms with Crippen LogP contribution in [0.25, 0.3) is 34.1 Å². The van der Waals surface area contributed by atoms with Crippen LogP contribution >= 0.6 is 0 Å². The van der Waals surface area contributed by atoms with E-state index >= 15 is 4.39 Å². The molecule has 4 aromatic heterocycles. The van der Waals surface area contributed by atoms with Crippen molar-refractivity contribution in [1.82, 2.24) is 49.4 Å². The summed E-state index contributed by atoms with van der Waals surface area (Å²) in [4.78, 5) is 21.0. The first kappa shape index (κ1) is 40.9. The number of carbonyl (C=O) groups excluding carboxylic acids is 1. The van der Waals surface area contributed by atoms with Gasteiger partial charge >= 0.3 is 12.2 Å². The zero-order valence-electron chi connectivity index (χ0n) is 35.0. The van der Waals surface area contributed by atoms with Gasteiger partial charge in [-0.3, -0.25) is 4.90 Å². The summed E-state index contributed by atoms with van der Waals surface area (Å²) in [5.41, 5.74) is 2.62. The van der Waals surface area contributed by atoms with Crippen molar-refractivity contribution < 1.29 is 31.8 Å². The van der Waals surface area contributed by atoms with Crippen molar-refractivity contribution in [2.45, 2.75) is 19.0 Å². The number of urea groups is 1. The van der Waals surface area contributed by atoms with Gasteiger partial charge in [0, 0.05) is 70.0 Å². The van der Waals surface area contributed by atoms with E-state index in [9.17, 15) is 18.0 Å². The molecule has 2 fully saturated rings. The molecule has 4 aromatic carbocycles. The summed E-state index contributed by atoms with van der Waals surface area (Å²) in [6, 6.07) is 31.9. The van der Waals surface area contributed by atoms with Gasteiger partial charge in [0.25, 0.3) is 6.29 Å². The number of hydrogen-bond acceptors (Lipinski definition) is 12. The summed E-state index contributed by atoms with van der Waals surface area (Å²) in [5, 5.41) is 29.4. The number of hydrogen-bond donors (Lipinski definition) is 1. The number of piperazine rings is 2. The van der Waals surface area contributed by atoms with Gasteiger partial charge in [-0.25, -0.2) is 9.18 Å². The molecule has 0 radical (unpaired) electrons. The molecule has 1 unspecified atom stereocenters. The van der Waals surface area contributed by atoms with Crippen LogP contribution < -0.4 is 24.6 Å². The van der Waals surface area contributed by atoms with Gasteiger partial charge in [0.15, 0.2) is 34.4 Å². The second-order valence-electron chi connectivity index (χ2n) is 16.1. The molecule has 8 aromatic rings. The molecular formula is C46H39F4N13O3. The predicted octanol–water partition coefficient (Wildman–Crippen LogP) is 7.20. The van der Waals surface area contributed by atoms with Gasteiger partial charge in [-0.15, -0.1) is 30.6 Å². The Morgan fingerprint density at radius 2 is 1.26 bits per heavy atom. The topological polar surface area (TPSA) is 147 Å². The lowest BCUT2D eigenvalue weighted by Crippen LogP contribution is -2.50. The minimum absolute atomic E-state index is 0.177. The molecule has 1 atom stereocenters. The van der Waals surface area contributed by atoms with Crippen LogP contribution in [-0.2, 0) is 12.7 Å². The first-order chi connectivity index (χ1) is 32.1. The highest BCUT2D eigenvalue weighted by Gasteiger charge is 2.35. The normalized spacial score (nSPS) is 16.7. The lowest BCUT2D eigenvalue weighted by atomic mass is 10.1. The van der Waals surface area contributed by atoms with E-state index in [2.05, 4.69) is 35.5 Å². The van der Waals surface area contributed by atoms with Gasteiger partial charge in [-0.05, 0) is 72.3 Å². The lowest BCUT2D eigenvalue weighted by molar-refractivity contribution is -0.136. The van der Waals surface area contributed by atoms with E-state index in [0.29, 0.717) is 65.5 Å². The van der Waals surface area contributed by atoms with Gasteiger partial charge in [0.05, 0.1) is 16.8 Å². The Kier molecular flexibility index (Phi) is 10.3. The summed E-state index contributed by atoms with van der Waals surface area (Å²) in [5.74, 6) is 3.00. The predicted molar refractivity (Wildman–Crippen MR) is 235 cm³/mol. The van der Waals surface area contributed by atoms with E-state index in [1.54, 1.807) is 33.3 Å². The fraction of sp³-hybridized carbons (Fsp3) is 0.239. The summed E-state index contributed by atoms with van der Waals surface area (Å²) < 4.78 is 71.8. The first-order valence-electron chi connectivity index (χ1n) is 21.3. The highest BCUT2D eigenvalue weighted by Crippen LogP contribution is 2.42. The largest absolute Gasteiger partial charge is 0.447 e. The van der Waals surface area contributed by atoms with Crippen LogP contribution in [-0.4, -0.2) is 108 Å². The van der Waals surface area contributed by atoms with Crippen molar-refractivity contribution in [3.63, 3.8) is 0 Å². The monoisotopic (exact) mass is 897 g/mol. The molecular weight excluding hydrogens is 859 g/mol. The second kappa shape index (κ2) is 16.6. The number of fused-ring (bicyclic) bond motifs is 3. The zero-order chi connectivity index (χ0) is 44.9. The molecule has 0 saturated carbocycles. The zero-order valence-corrected chi connectivity index (χ0v) is 35.0. The average molecular weight is 898 g/mol. The molecule has 11 rings (SSSR count). The van der Waals surface area contributed by atoms with Crippen LogP contribution in [0.3, 0.4) is 0 Å². The Bertz CT molecular complexity index is 3090. The average Bonchev–Trinajstić information content (AvgIpc) is 4.09. The second-order valence-corrected chi connectivity index (χ2v) is 16.1.